The van der Waals surface area contributed by atoms with Crippen molar-refractivity contribution in [2.24, 2.45) is 0 Å². The van der Waals surface area contributed by atoms with Crippen molar-refractivity contribution in [1.82, 2.24) is 19.9 Å². The minimum Gasteiger partial charge on any atom is -0.474 e. The Bertz CT molecular complexity index is 740. The van der Waals surface area contributed by atoms with Crippen LogP contribution in [0.3, 0.4) is 0 Å². The first kappa shape index (κ1) is 14.0. The number of carbonyl (C=O) groups excluding carboxylic acids is 1. The molecule has 23 heavy (non-hydrogen) atoms. The minimum absolute atomic E-state index is 0.0803. The van der Waals surface area contributed by atoms with Gasteiger partial charge in [-0.25, -0.2) is 9.78 Å². The Kier molecular flexibility index (Phi) is 3.40. The number of nitrogens with zero attached hydrogens (tertiary/aromatic N) is 2. The van der Waals surface area contributed by atoms with Gasteiger partial charge >= 0.3 is 5.69 Å². The number of H-pyrrole nitrogens is 2. The molecule has 2 N–H and O–H groups in total. The lowest BCUT2D eigenvalue weighted by Crippen LogP contribution is -2.49. The summed E-state index contributed by atoms with van der Waals surface area (Å²) in [5, 5.41) is 0. The van der Waals surface area contributed by atoms with E-state index in [4.69, 9.17) is 4.74 Å². The Morgan fingerprint density at radius 2 is 2.04 bits per heavy atom. The maximum Gasteiger partial charge on any atom is 0.323 e. The van der Waals surface area contributed by atoms with Crippen LogP contribution in [0.2, 0.25) is 0 Å². The largest absolute Gasteiger partial charge is 0.474 e. The number of aromatic nitrogens is 3. The Labute approximate surface area is 132 Å². The van der Waals surface area contributed by atoms with E-state index in [1.807, 2.05) is 23.1 Å². The van der Waals surface area contributed by atoms with Crippen LogP contribution in [0.4, 0.5) is 0 Å². The number of nitrogens with one attached hydrogen (secondary N) is 2. The molecule has 7 heteroatoms. The predicted octanol–water partition coefficient (Wildman–Crippen LogP) is 1.31. The van der Waals surface area contributed by atoms with Crippen molar-refractivity contribution in [2.75, 3.05) is 0 Å². The molecule has 4 rings (SSSR count). The van der Waals surface area contributed by atoms with Crippen LogP contribution in [-0.4, -0.2) is 43.9 Å². The van der Waals surface area contributed by atoms with Crippen LogP contribution in [-0.2, 0) is 0 Å². The number of hydrogen-bond donors (Lipinski definition) is 2. The molecular weight excluding hydrogens is 296 g/mol. The summed E-state index contributed by atoms with van der Waals surface area (Å²) in [6.45, 7) is 0. The quantitative estimate of drug-likeness (QED) is 0.893. The molecule has 4 heterocycles. The molecule has 2 fully saturated rings. The minimum atomic E-state index is -0.353. The monoisotopic (exact) mass is 314 g/mol. The molecule has 2 unspecified atom stereocenters. The van der Waals surface area contributed by atoms with Gasteiger partial charge in [0.1, 0.15) is 11.8 Å². The van der Waals surface area contributed by atoms with Crippen LogP contribution in [0, 0.1) is 0 Å². The van der Waals surface area contributed by atoms with Gasteiger partial charge in [0.05, 0.1) is 0 Å². The number of ether oxygens (including phenoxy) is 1. The SMILES string of the molecule is O=C(c1c[nH]c(=O)[nH]1)N1C2CCC1CC(Oc1ccccn1)C2. The first-order valence-corrected chi connectivity index (χ1v) is 7.89. The number of fused-ring (bicyclic) bond motifs is 2. The highest BCUT2D eigenvalue weighted by molar-refractivity contribution is 5.92. The van der Waals surface area contributed by atoms with Gasteiger partial charge in [0, 0.05) is 43.4 Å². The lowest BCUT2D eigenvalue weighted by molar-refractivity contribution is 0.0343. The van der Waals surface area contributed by atoms with E-state index < -0.39 is 0 Å². The zero-order valence-electron chi connectivity index (χ0n) is 12.6. The molecule has 7 nitrogen and oxygen atoms in total. The van der Waals surface area contributed by atoms with Crippen LogP contribution in [0.15, 0.2) is 35.4 Å². The van der Waals surface area contributed by atoms with E-state index in [0.29, 0.717) is 11.6 Å². The summed E-state index contributed by atoms with van der Waals surface area (Å²) >= 11 is 0. The number of aromatic amines is 2. The van der Waals surface area contributed by atoms with Crippen LogP contribution in [0.1, 0.15) is 36.2 Å². The Morgan fingerprint density at radius 1 is 1.26 bits per heavy atom. The van der Waals surface area contributed by atoms with Gasteiger partial charge in [0.25, 0.3) is 5.91 Å². The topological polar surface area (TPSA) is 91.1 Å². The summed E-state index contributed by atoms with van der Waals surface area (Å²) in [4.78, 5) is 35.0. The van der Waals surface area contributed by atoms with Crippen molar-refractivity contribution < 1.29 is 9.53 Å². The van der Waals surface area contributed by atoms with E-state index in [0.717, 1.165) is 25.7 Å². The van der Waals surface area contributed by atoms with E-state index >= 15 is 0 Å². The smallest absolute Gasteiger partial charge is 0.323 e. The molecule has 2 aliphatic rings. The number of rotatable bonds is 3. The van der Waals surface area contributed by atoms with Gasteiger partial charge in [-0.05, 0) is 18.9 Å². The fraction of sp³-hybridized carbons (Fsp3) is 0.438. The number of carbonyl (C=O) groups is 1. The van der Waals surface area contributed by atoms with Crippen molar-refractivity contribution >= 4 is 5.91 Å². The summed E-state index contributed by atoms with van der Waals surface area (Å²) < 4.78 is 5.96. The molecule has 2 bridgehead atoms. The molecule has 2 saturated heterocycles. The molecule has 2 aromatic rings. The Hall–Kier alpha value is -2.57. The second-order valence-corrected chi connectivity index (χ2v) is 6.13. The van der Waals surface area contributed by atoms with Gasteiger partial charge < -0.3 is 19.6 Å². The van der Waals surface area contributed by atoms with E-state index in [9.17, 15) is 9.59 Å². The van der Waals surface area contributed by atoms with Crippen molar-refractivity contribution in [3.05, 3.63) is 46.8 Å². The molecule has 0 spiro atoms. The van der Waals surface area contributed by atoms with E-state index in [1.54, 1.807) is 6.20 Å². The number of piperidine rings is 1. The summed E-state index contributed by atoms with van der Waals surface area (Å²) in [6, 6.07) is 5.93. The lowest BCUT2D eigenvalue weighted by Gasteiger charge is -2.38. The highest BCUT2D eigenvalue weighted by atomic mass is 16.5. The molecule has 2 atom stereocenters. The average Bonchev–Trinajstić information content (AvgIpc) is 3.10. The van der Waals surface area contributed by atoms with Crippen molar-refractivity contribution in [3.63, 3.8) is 0 Å². The first-order chi connectivity index (χ1) is 11.2. The number of hydrogen-bond acceptors (Lipinski definition) is 4. The van der Waals surface area contributed by atoms with Crippen LogP contribution in [0.5, 0.6) is 5.88 Å². The van der Waals surface area contributed by atoms with Crippen LogP contribution < -0.4 is 10.4 Å². The van der Waals surface area contributed by atoms with Gasteiger partial charge in [0.15, 0.2) is 0 Å². The summed E-state index contributed by atoms with van der Waals surface area (Å²) in [6.07, 6.45) is 6.80. The lowest BCUT2D eigenvalue weighted by atomic mass is 9.99. The molecule has 2 aromatic heterocycles. The fourth-order valence-electron chi connectivity index (χ4n) is 3.73. The Morgan fingerprint density at radius 3 is 2.65 bits per heavy atom. The number of pyridine rings is 1. The number of imidazole rings is 1. The molecule has 0 radical (unpaired) electrons. The predicted molar refractivity (Wildman–Crippen MR) is 82.3 cm³/mol. The van der Waals surface area contributed by atoms with Crippen molar-refractivity contribution in [3.8, 4) is 5.88 Å². The Balaban J connectivity index is 1.48. The van der Waals surface area contributed by atoms with Crippen LogP contribution >= 0.6 is 0 Å². The second kappa shape index (κ2) is 5.57. The molecule has 2 aliphatic heterocycles. The van der Waals surface area contributed by atoms with Gasteiger partial charge in [-0.15, -0.1) is 0 Å². The van der Waals surface area contributed by atoms with Crippen molar-refractivity contribution in [2.45, 2.75) is 43.9 Å². The van der Waals surface area contributed by atoms with Crippen LogP contribution in [0.25, 0.3) is 0 Å². The average molecular weight is 314 g/mol. The third-order valence-electron chi connectivity index (χ3n) is 4.68. The van der Waals surface area contributed by atoms with Gasteiger partial charge in [-0.1, -0.05) is 6.07 Å². The summed E-state index contributed by atoms with van der Waals surface area (Å²) in [5.74, 6) is 0.527. The summed E-state index contributed by atoms with van der Waals surface area (Å²) in [7, 11) is 0. The van der Waals surface area contributed by atoms with Crippen molar-refractivity contribution in [1.29, 1.82) is 0 Å². The standard InChI is InChI=1S/C16H18N4O3/c21-15(13-9-18-16(22)19-13)20-10-4-5-11(20)8-12(7-10)23-14-3-1-2-6-17-14/h1-3,6,9-12H,4-5,7-8H2,(H2,18,19,22). The van der Waals surface area contributed by atoms with Gasteiger partial charge in [0.2, 0.25) is 5.88 Å². The van der Waals surface area contributed by atoms with E-state index in [-0.39, 0.29) is 29.8 Å². The normalized spacial score (nSPS) is 26.3. The maximum atomic E-state index is 12.6. The third kappa shape index (κ3) is 2.62. The molecule has 0 aliphatic carbocycles. The maximum absolute atomic E-state index is 12.6. The fourth-order valence-corrected chi connectivity index (χ4v) is 3.73. The van der Waals surface area contributed by atoms with Gasteiger partial charge in [-0.3, -0.25) is 4.79 Å². The molecular formula is C16H18N4O3. The molecule has 0 saturated carbocycles. The highest BCUT2D eigenvalue weighted by Crippen LogP contribution is 2.37. The van der Waals surface area contributed by atoms with E-state index in [1.165, 1.54) is 6.20 Å². The second-order valence-electron chi connectivity index (χ2n) is 6.13. The molecule has 1 amide bonds. The third-order valence-corrected chi connectivity index (χ3v) is 4.68. The van der Waals surface area contributed by atoms with Gasteiger partial charge in [-0.2, -0.15) is 0 Å². The zero-order valence-corrected chi connectivity index (χ0v) is 12.6. The zero-order chi connectivity index (χ0) is 15.8. The highest BCUT2D eigenvalue weighted by Gasteiger charge is 2.44. The number of amides is 1. The first-order valence-electron chi connectivity index (χ1n) is 7.89. The van der Waals surface area contributed by atoms with E-state index in [2.05, 4.69) is 15.0 Å². The summed E-state index contributed by atoms with van der Waals surface area (Å²) in [5.41, 5.74) is -0.0231. The molecule has 0 aromatic carbocycles. The molecule has 120 valence electrons.